The highest BCUT2D eigenvalue weighted by atomic mass is 16.5. The predicted molar refractivity (Wildman–Crippen MR) is 81.2 cm³/mol. The molecule has 1 aromatic carbocycles. The highest BCUT2D eigenvalue weighted by Crippen LogP contribution is 2.39. The van der Waals surface area contributed by atoms with Gasteiger partial charge in [-0.3, -0.25) is 0 Å². The minimum atomic E-state index is 0.362. The van der Waals surface area contributed by atoms with Crippen molar-refractivity contribution in [3.8, 4) is 5.75 Å². The van der Waals surface area contributed by atoms with Crippen LogP contribution in [0.25, 0.3) is 0 Å². The van der Waals surface area contributed by atoms with Gasteiger partial charge in [0.05, 0.1) is 7.11 Å². The van der Waals surface area contributed by atoms with Gasteiger partial charge in [-0.25, -0.2) is 0 Å². The van der Waals surface area contributed by atoms with Gasteiger partial charge >= 0.3 is 0 Å². The van der Waals surface area contributed by atoms with Crippen molar-refractivity contribution in [3.63, 3.8) is 0 Å². The van der Waals surface area contributed by atoms with Gasteiger partial charge in [-0.15, -0.1) is 0 Å². The largest absolute Gasteiger partial charge is 0.496 e. The van der Waals surface area contributed by atoms with Gasteiger partial charge < -0.3 is 10.1 Å². The van der Waals surface area contributed by atoms with Crippen molar-refractivity contribution in [3.05, 3.63) is 29.3 Å². The van der Waals surface area contributed by atoms with E-state index >= 15 is 0 Å². The summed E-state index contributed by atoms with van der Waals surface area (Å²) in [5.41, 5.74) is 3.20. The summed E-state index contributed by atoms with van der Waals surface area (Å²) in [6.07, 6.45) is 3.71. The molecule has 0 aliphatic carbocycles. The maximum absolute atomic E-state index is 5.50. The van der Waals surface area contributed by atoms with Crippen LogP contribution in [0, 0.1) is 0 Å². The zero-order valence-corrected chi connectivity index (χ0v) is 12.8. The van der Waals surface area contributed by atoms with Crippen LogP contribution in [0.1, 0.15) is 57.1 Å². The number of piperidine rings is 1. The third kappa shape index (κ3) is 2.79. The molecule has 1 aliphatic rings. The second-order valence-corrected chi connectivity index (χ2v) is 6.00. The summed E-state index contributed by atoms with van der Waals surface area (Å²) < 4.78 is 5.50. The molecule has 0 saturated carbocycles. The van der Waals surface area contributed by atoms with Gasteiger partial charge in [0.2, 0.25) is 0 Å². The molecule has 0 radical (unpaired) electrons. The minimum Gasteiger partial charge on any atom is -0.496 e. The van der Waals surface area contributed by atoms with Crippen molar-refractivity contribution in [1.29, 1.82) is 0 Å². The van der Waals surface area contributed by atoms with Crippen LogP contribution in [0.5, 0.6) is 5.75 Å². The number of benzene rings is 1. The van der Waals surface area contributed by atoms with Gasteiger partial charge in [-0.05, 0) is 60.9 Å². The molecule has 1 N–H and O–H groups in total. The lowest BCUT2D eigenvalue weighted by Gasteiger charge is -2.38. The number of nitrogens with one attached hydrogen (secondary N) is 1. The summed E-state index contributed by atoms with van der Waals surface area (Å²) in [7, 11) is 1.76. The van der Waals surface area contributed by atoms with Gasteiger partial charge in [0.15, 0.2) is 0 Å². The summed E-state index contributed by atoms with van der Waals surface area (Å²) >= 11 is 0. The second kappa shape index (κ2) is 5.96. The highest BCUT2D eigenvalue weighted by Gasteiger charge is 2.32. The molecule has 1 saturated heterocycles. The van der Waals surface area contributed by atoms with Gasteiger partial charge in [-0.2, -0.15) is 0 Å². The van der Waals surface area contributed by atoms with Crippen LogP contribution >= 0.6 is 0 Å². The molecule has 0 aromatic heterocycles. The Bertz CT molecular complexity index is 419. The molecule has 1 aliphatic heterocycles. The van der Waals surface area contributed by atoms with E-state index in [2.05, 4.69) is 44.3 Å². The third-order valence-electron chi connectivity index (χ3n) is 4.70. The molecule has 0 spiro atoms. The Morgan fingerprint density at radius 1 is 1.26 bits per heavy atom. The van der Waals surface area contributed by atoms with Crippen molar-refractivity contribution in [2.45, 2.75) is 51.4 Å². The van der Waals surface area contributed by atoms with E-state index in [1.54, 1.807) is 7.11 Å². The van der Waals surface area contributed by atoms with Crippen molar-refractivity contribution >= 4 is 0 Å². The second-order valence-electron chi connectivity index (χ2n) is 6.00. The molecule has 106 valence electrons. The Labute approximate surface area is 117 Å². The Hall–Kier alpha value is -1.02. The monoisotopic (exact) mass is 261 g/mol. The van der Waals surface area contributed by atoms with E-state index in [0.29, 0.717) is 11.3 Å². The molecular weight excluding hydrogens is 234 g/mol. The Kier molecular flexibility index (Phi) is 4.51. The quantitative estimate of drug-likeness (QED) is 0.889. The van der Waals surface area contributed by atoms with Gasteiger partial charge in [0.1, 0.15) is 5.75 Å². The SMILES string of the molecule is CCC1(c2ccc(OC)c(C(C)C)c2)CCNCC1. The van der Waals surface area contributed by atoms with Crippen molar-refractivity contribution in [2.75, 3.05) is 20.2 Å². The fraction of sp³-hybridized carbons (Fsp3) is 0.647. The van der Waals surface area contributed by atoms with Crippen LogP contribution in [0.4, 0.5) is 0 Å². The number of rotatable bonds is 4. The van der Waals surface area contributed by atoms with E-state index in [1.807, 2.05) is 0 Å². The minimum absolute atomic E-state index is 0.362. The molecule has 19 heavy (non-hydrogen) atoms. The van der Waals surface area contributed by atoms with Crippen molar-refractivity contribution in [1.82, 2.24) is 5.32 Å². The van der Waals surface area contributed by atoms with Crippen LogP contribution in [0.3, 0.4) is 0 Å². The van der Waals surface area contributed by atoms with E-state index in [1.165, 1.54) is 30.4 Å². The average Bonchev–Trinajstić information content (AvgIpc) is 2.47. The first-order valence-electron chi connectivity index (χ1n) is 7.52. The van der Waals surface area contributed by atoms with Crippen LogP contribution in [-0.2, 0) is 5.41 Å². The van der Waals surface area contributed by atoms with Crippen molar-refractivity contribution < 1.29 is 4.74 Å². The fourth-order valence-electron chi connectivity index (χ4n) is 3.27. The summed E-state index contributed by atoms with van der Waals surface area (Å²) in [6.45, 7) is 9.07. The molecule has 0 bridgehead atoms. The molecule has 0 amide bonds. The molecule has 0 unspecified atom stereocenters. The van der Waals surface area contributed by atoms with Gasteiger partial charge in [0, 0.05) is 0 Å². The summed E-state index contributed by atoms with van der Waals surface area (Å²) in [6, 6.07) is 6.82. The van der Waals surface area contributed by atoms with E-state index in [9.17, 15) is 0 Å². The Morgan fingerprint density at radius 3 is 2.47 bits per heavy atom. The first-order chi connectivity index (χ1) is 9.13. The molecule has 1 heterocycles. The molecule has 2 heteroatoms. The van der Waals surface area contributed by atoms with Crippen LogP contribution in [0.2, 0.25) is 0 Å². The third-order valence-corrected chi connectivity index (χ3v) is 4.70. The van der Waals surface area contributed by atoms with Gasteiger partial charge in [-0.1, -0.05) is 32.9 Å². The Morgan fingerprint density at radius 2 is 1.95 bits per heavy atom. The normalized spacial score (nSPS) is 18.6. The fourth-order valence-corrected chi connectivity index (χ4v) is 3.27. The molecule has 1 aromatic rings. The number of hydrogen-bond donors (Lipinski definition) is 1. The molecule has 1 fully saturated rings. The summed E-state index contributed by atoms with van der Waals surface area (Å²) in [4.78, 5) is 0. The predicted octanol–water partition coefficient (Wildman–Crippen LogP) is 3.85. The van der Waals surface area contributed by atoms with E-state index < -0.39 is 0 Å². The van der Waals surface area contributed by atoms with Crippen LogP contribution in [0.15, 0.2) is 18.2 Å². The molecular formula is C17H27NO. The number of methoxy groups -OCH3 is 1. The maximum Gasteiger partial charge on any atom is 0.122 e. The summed E-state index contributed by atoms with van der Waals surface area (Å²) in [5, 5.41) is 3.48. The zero-order chi connectivity index (χ0) is 13.9. The molecule has 2 nitrogen and oxygen atoms in total. The highest BCUT2D eigenvalue weighted by molar-refractivity contribution is 5.42. The van der Waals surface area contributed by atoms with Gasteiger partial charge in [0.25, 0.3) is 0 Å². The number of hydrogen-bond acceptors (Lipinski definition) is 2. The molecule has 0 atom stereocenters. The first kappa shape index (κ1) is 14.4. The topological polar surface area (TPSA) is 21.3 Å². The first-order valence-corrected chi connectivity index (χ1v) is 7.52. The lowest BCUT2D eigenvalue weighted by Crippen LogP contribution is -2.39. The average molecular weight is 261 g/mol. The lowest BCUT2D eigenvalue weighted by molar-refractivity contribution is 0.297. The van der Waals surface area contributed by atoms with E-state index in [-0.39, 0.29) is 0 Å². The smallest absolute Gasteiger partial charge is 0.122 e. The van der Waals surface area contributed by atoms with E-state index in [4.69, 9.17) is 4.74 Å². The zero-order valence-electron chi connectivity index (χ0n) is 12.8. The maximum atomic E-state index is 5.50. The Balaban J connectivity index is 2.40. The van der Waals surface area contributed by atoms with Crippen LogP contribution in [-0.4, -0.2) is 20.2 Å². The van der Waals surface area contributed by atoms with E-state index in [0.717, 1.165) is 18.8 Å². The summed E-state index contributed by atoms with van der Waals surface area (Å²) in [5.74, 6) is 1.53. The number of ether oxygens (including phenoxy) is 1. The van der Waals surface area contributed by atoms with Crippen molar-refractivity contribution in [2.24, 2.45) is 0 Å². The lowest BCUT2D eigenvalue weighted by atomic mass is 9.70. The standard InChI is InChI=1S/C17H27NO/c1-5-17(8-10-18-11-9-17)14-6-7-16(19-4)15(12-14)13(2)3/h6-7,12-13,18H,5,8-11H2,1-4H3. The molecule has 2 rings (SSSR count). The van der Waals surface area contributed by atoms with Crippen LogP contribution < -0.4 is 10.1 Å².